The topological polar surface area (TPSA) is 75.2 Å². The lowest BCUT2D eigenvalue weighted by atomic mass is 10.1. The summed E-state index contributed by atoms with van der Waals surface area (Å²) in [4.78, 5) is 18.7. The van der Waals surface area contributed by atoms with E-state index in [2.05, 4.69) is 9.97 Å². The van der Waals surface area contributed by atoms with Crippen LogP contribution in [0.2, 0.25) is 0 Å². The minimum absolute atomic E-state index is 0.0945. The van der Waals surface area contributed by atoms with Crippen molar-refractivity contribution in [2.45, 2.75) is 19.8 Å². The maximum absolute atomic E-state index is 12.0. The molecule has 5 nitrogen and oxygen atoms in total. The lowest BCUT2D eigenvalue weighted by molar-refractivity contribution is 0.415. The van der Waals surface area contributed by atoms with Crippen LogP contribution in [-0.2, 0) is 0 Å². The molecule has 19 heavy (non-hydrogen) atoms. The molecule has 1 heterocycles. The fraction of sp³-hybridized carbons (Fsp3) is 0.286. The van der Waals surface area contributed by atoms with Crippen LogP contribution in [0.4, 0.5) is 0 Å². The molecule has 0 aliphatic heterocycles. The maximum Gasteiger partial charge on any atom is 0.258 e. The van der Waals surface area contributed by atoms with Gasteiger partial charge in [0, 0.05) is 0 Å². The van der Waals surface area contributed by atoms with E-state index in [0.29, 0.717) is 22.7 Å². The van der Waals surface area contributed by atoms with Crippen LogP contribution < -0.4 is 10.3 Å². The molecule has 0 saturated carbocycles. The zero-order valence-corrected chi connectivity index (χ0v) is 11.1. The predicted molar refractivity (Wildman–Crippen MR) is 72.6 cm³/mol. The fourth-order valence-corrected chi connectivity index (χ4v) is 1.96. The van der Waals surface area contributed by atoms with E-state index in [1.807, 2.05) is 26.0 Å². The van der Waals surface area contributed by atoms with Crippen molar-refractivity contribution >= 4 is 0 Å². The molecule has 1 aromatic heterocycles. The van der Waals surface area contributed by atoms with Crippen LogP contribution in [0.1, 0.15) is 25.3 Å². The molecule has 0 spiro atoms. The van der Waals surface area contributed by atoms with Crippen molar-refractivity contribution in [3.05, 3.63) is 40.2 Å². The van der Waals surface area contributed by atoms with E-state index in [0.717, 1.165) is 0 Å². The van der Waals surface area contributed by atoms with Crippen molar-refractivity contribution in [3.8, 4) is 23.0 Å². The van der Waals surface area contributed by atoms with Crippen LogP contribution in [-0.4, -0.2) is 22.2 Å². The Morgan fingerprint density at radius 1 is 1.32 bits per heavy atom. The Balaban J connectivity index is 2.62. The highest BCUT2D eigenvalue weighted by Crippen LogP contribution is 2.28. The second-order valence-electron chi connectivity index (χ2n) is 4.51. The summed E-state index contributed by atoms with van der Waals surface area (Å²) < 4.78 is 5.21. The number of para-hydroxylation sites is 1. The number of H-pyrrole nitrogens is 1. The summed E-state index contributed by atoms with van der Waals surface area (Å²) in [7, 11) is 1.54. The van der Waals surface area contributed by atoms with E-state index in [9.17, 15) is 9.90 Å². The lowest BCUT2D eigenvalue weighted by Gasteiger charge is -2.10. The molecule has 0 aliphatic carbocycles. The summed E-state index contributed by atoms with van der Waals surface area (Å²) in [5, 5.41) is 9.90. The predicted octanol–water partition coefficient (Wildman–Crippen LogP) is 2.27. The van der Waals surface area contributed by atoms with Crippen molar-refractivity contribution in [1.29, 1.82) is 0 Å². The van der Waals surface area contributed by atoms with Gasteiger partial charge in [-0.05, 0) is 18.1 Å². The molecule has 1 aromatic carbocycles. The highest BCUT2D eigenvalue weighted by molar-refractivity contribution is 5.64. The van der Waals surface area contributed by atoms with E-state index < -0.39 is 0 Å². The molecule has 2 N–H and O–H groups in total. The molecule has 0 saturated heterocycles. The van der Waals surface area contributed by atoms with Gasteiger partial charge in [-0.15, -0.1) is 0 Å². The normalized spacial score (nSPS) is 10.7. The molecule has 0 fully saturated rings. The van der Waals surface area contributed by atoms with Gasteiger partial charge < -0.3 is 14.8 Å². The van der Waals surface area contributed by atoms with Crippen LogP contribution >= 0.6 is 0 Å². The van der Waals surface area contributed by atoms with Crippen molar-refractivity contribution in [1.82, 2.24) is 9.97 Å². The molecule has 100 valence electrons. The number of nitrogens with one attached hydrogen (secondary N) is 1. The van der Waals surface area contributed by atoms with Crippen molar-refractivity contribution in [3.63, 3.8) is 0 Å². The van der Waals surface area contributed by atoms with Gasteiger partial charge in [-0.25, -0.2) is 0 Å². The van der Waals surface area contributed by atoms with Crippen LogP contribution in [0, 0.1) is 0 Å². The van der Waals surface area contributed by atoms with Crippen LogP contribution in [0.3, 0.4) is 0 Å². The first-order valence-electron chi connectivity index (χ1n) is 6.01. The van der Waals surface area contributed by atoms with Gasteiger partial charge in [-0.1, -0.05) is 26.0 Å². The van der Waals surface area contributed by atoms with Crippen molar-refractivity contribution < 1.29 is 9.84 Å². The Kier molecular flexibility index (Phi) is 3.55. The van der Waals surface area contributed by atoms with Gasteiger partial charge in [-0.3, -0.25) is 4.79 Å². The Bertz CT molecular complexity index is 647. The monoisotopic (exact) mass is 260 g/mol. The van der Waals surface area contributed by atoms with Crippen molar-refractivity contribution in [2.24, 2.45) is 0 Å². The highest BCUT2D eigenvalue weighted by atomic mass is 16.5. The Morgan fingerprint density at radius 3 is 2.58 bits per heavy atom. The second kappa shape index (κ2) is 5.14. The molecule has 0 atom stereocenters. The average Bonchev–Trinajstić information content (AvgIpc) is 2.37. The molecule has 0 bridgehead atoms. The zero-order chi connectivity index (χ0) is 14.0. The minimum atomic E-state index is -0.330. The van der Waals surface area contributed by atoms with Gasteiger partial charge in [0.15, 0.2) is 0 Å². The Labute approximate surface area is 110 Å². The maximum atomic E-state index is 12.0. The molecule has 0 amide bonds. The summed E-state index contributed by atoms with van der Waals surface area (Å²) in [5.41, 5.74) is 0.592. The molecular formula is C14H16N2O3. The highest BCUT2D eigenvalue weighted by Gasteiger charge is 2.16. The minimum Gasteiger partial charge on any atom is -0.496 e. The van der Waals surface area contributed by atoms with Gasteiger partial charge in [0.25, 0.3) is 5.56 Å². The Morgan fingerprint density at radius 2 is 2.00 bits per heavy atom. The smallest absolute Gasteiger partial charge is 0.258 e. The number of ether oxygens (including phenoxy) is 1. The first kappa shape index (κ1) is 13.1. The Hall–Kier alpha value is -2.30. The van der Waals surface area contributed by atoms with Crippen LogP contribution in [0.25, 0.3) is 11.4 Å². The number of aromatic amines is 1. The number of rotatable bonds is 3. The lowest BCUT2D eigenvalue weighted by Crippen LogP contribution is -2.16. The largest absolute Gasteiger partial charge is 0.496 e. The number of hydrogen-bond acceptors (Lipinski definition) is 4. The fourth-order valence-electron chi connectivity index (χ4n) is 1.96. The molecule has 0 radical (unpaired) electrons. The number of benzene rings is 1. The van der Waals surface area contributed by atoms with E-state index in [1.54, 1.807) is 19.2 Å². The quantitative estimate of drug-likeness (QED) is 0.887. The number of aromatic nitrogens is 2. The summed E-state index contributed by atoms with van der Waals surface area (Å²) >= 11 is 0. The zero-order valence-electron chi connectivity index (χ0n) is 11.1. The molecule has 2 aromatic rings. The number of methoxy groups -OCH3 is 1. The van der Waals surface area contributed by atoms with Gasteiger partial charge in [0.2, 0.25) is 5.88 Å². The number of hydrogen-bond donors (Lipinski definition) is 2. The van der Waals surface area contributed by atoms with Gasteiger partial charge in [0.05, 0.1) is 18.2 Å². The van der Waals surface area contributed by atoms with Crippen molar-refractivity contribution in [2.75, 3.05) is 7.11 Å². The first-order chi connectivity index (χ1) is 9.04. The third kappa shape index (κ3) is 2.45. The SMILES string of the molecule is COc1ccccc1-c1nc(O)c(C(C)C)c(=O)[nH]1. The standard InChI is InChI=1S/C14H16N2O3/c1-8(2)11-13(17)15-12(16-14(11)18)9-6-4-5-7-10(9)19-3/h4-8H,1-3H3,(H2,15,16,17,18). The molecule has 0 aliphatic rings. The molecule has 0 unspecified atom stereocenters. The van der Waals surface area contributed by atoms with Gasteiger partial charge in [-0.2, -0.15) is 4.98 Å². The second-order valence-corrected chi connectivity index (χ2v) is 4.51. The van der Waals surface area contributed by atoms with E-state index in [4.69, 9.17) is 4.74 Å². The van der Waals surface area contributed by atoms with E-state index >= 15 is 0 Å². The summed E-state index contributed by atoms with van der Waals surface area (Å²) in [6.07, 6.45) is 0. The molecule has 2 rings (SSSR count). The third-order valence-corrected chi connectivity index (χ3v) is 2.87. The van der Waals surface area contributed by atoms with E-state index in [-0.39, 0.29) is 17.4 Å². The summed E-state index contributed by atoms with van der Waals surface area (Å²) in [6, 6.07) is 7.17. The summed E-state index contributed by atoms with van der Waals surface area (Å²) in [6.45, 7) is 3.66. The first-order valence-corrected chi connectivity index (χ1v) is 6.01. The molecule has 5 heteroatoms. The summed E-state index contributed by atoms with van der Waals surface area (Å²) in [5.74, 6) is 0.550. The van der Waals surface area contributed by atoms with E-state index in [1.165, 1.54) is 0 Å². The number of aromatic hydroxyl groups is 1. The van der Waals surface area contributed by atoms with Crippen LogP contribution in [0.5, 0.6) is 11.6 Å². The number of nitrogens with zero attached hydrogens (tertiary/aromatic N) is 1. The average molecular weight is 260 g/mol. The third-order valence-electron chi connectivity index (χ3n) is 2.87. The molecular weight excluding hydrogens is 244 g/mol. The van der Waals surface area contributed by atoms with Gasteiger partial charge >= 0.3 is 0 Å². The van der Waals surface area contributed by atoms with Gasteiger partial charge in [0.1, 0.15) is 11.6 Å². The van der Waals surface area contributed by atoms with Crippen LogP contribution in [0.15, 0.2) is 29.1 Å².